The van der Waals surface area contributed by atoms with Gasteiger partial charge in [-0.25, -0.2) is 0 Å². The van der Waals surface area contributed by atoms with E-state index >= 15 is 0 Å². The molecule has 1 fully saturated rings. The van der Waals surface area contributed by atoms with Gasteiger partial charge in [-0.3, -0.25) is 14.6 Å². The first-order chi connectivity index (χ1) is 9.51. The number of carbonyl (C=O) groups excluding carboxylic acids is 1. The lowest BCUT2D eigenvalue weighted by Crippen LogP contribution is -2.49. The number of β-amino-alcohol motifs (C(OH)–C–C–N with tert-alkyl or cyclic N) is 1. The average molecular weight is 287 g/mol. The number of aliphatic hydroxyl groups is 1. The number of rotatable bonds is 8. The molecule has 1 saturated heterocycles. The average Bonchev–Trinajstić information content (AvgIpc) is 2.37. The van der Waals surface area contributed by atoms with Crippen molar-refractivity contribution in [2.45, 2.75) is 19.4 Å². The van der Waals surface area contributed by atoms with E-state index in [1.807, 2.05) is 0 Å². The summed E-state index contributed by atoms with van der Waals surface area (Å²) in [6, 6.07) is 0. The summed E-state index contributed by atoms with van der Waals surface area (Å²) in [7, 11) is 4.17. The van der Waals surface area contributed by atoms with Gasteiger partial charge in [0.05, 0.1) is 19.1 Å². The normalized spacial score (nSPS) is 19.2. The molecular weight excluding hydrogens is 258 g/mol. The summed E-state index contributed by atoms with van der Waals surface area (Å²) in [5, 5.41) is 9.88. The zero-order valence-electron chi connectivity index (χ0n) is 13.0. The van der Waals surface area contributed by atoms with Gasteiger partial charge in [-0.2, -0.15) is 0 Å². The van der Waals surface area contributed by atoms with Crippen LogP contribution >= 0.6 is 0 Å². The number of carbonyl (C=O) groups is 1. The molecule has 6 heteroatoms. The van der Waals surface area contributed by atoms with Crippen LogP contribution in [0.3, 0.4) is 0 Å². The molecule has 0 spiro atoms. The van der Waals surface area contributed by atoms with Crippen molar-refractivity contribution in [1.29, 1.82) is 0 Å². The minimum Gasteiger partial charge on any atom is -0.466 e. The van der Waals surface area contributed by atoms with E-state index in [0.29, 0.717) is 13.2 Å². The Hall–Kier alpha value is -0.690. The van der Waals surface area contributed by atoms with E-state index in [2.05, 4.69) is 28.8 Å². The number of likely N-dealkylation sites (N-methyl/N-ethyl adjacent to an activating group) is 1. The van der Waals surface area contributed by atoms with Gasteiger partial charge in [0.1, 0.15) is 0 Å². The first-order valence-corrected chi connectivity index (χ1v) is 7.44. The predicted octanol–water partition coefficient (Wildman–Crippen LogP) is -0.520. The second-order valence-electron chi connectivity index (χ2n) is 5.61. The van der Waals surface area contributed by atoms with Crippen LogP contribution in [0.1, 0.15) is 13.3 Å². The van der Waals surface area contributed by atoms with Crippen molar-refractivity contribution in [1.82, 2.24) is 14.7 Å². The molecule has 0 saturated carbocycles. The molecule has 0 radical (unpaired) electrons. The molecule has 0 aromatic heterocycles. The van der Waals surface area contributed by atoms with E-state index in [1.54, 1.807) is 6.92 Å². The Balaban J connectivity index is 2.16. The lowest BCUT2D eigenvalue weighted by atomic mass is 10.2. The fourth-order valence-electron chi connectivity index (χ4n) is 2.31. The molecule has 6 nitrogen and oxygen atoms in total. The zero-order valence-corrected chi connectivity index (χ0v) is 13.0. The van der Waals surface area contributed by atoms with E-state index < -0.39 is 6.10 Å². The SMILES string of the molecule is CCOC(=O)CC(O)CN1CCN(CCN(C)C)CC1. The summed E-state index contributed by atoms with van der Waals surface area (Å²) >= 11 is 0. The maximum absolute atomic E-state index is 11.3. The third-order valence-electron chi connectivity index (χ3n) is 3.50. The maximum atomic E-state index is 11.3. The first kappa shape index (κ1) is 17.4. The van der Waals surface area contributed by atoms with Gasteiger partial charge in [-0.1, -0.05) is 0 Å². The van der Waals surface area contributed by atoms with Crippen molar-refractivity contribution < 1.29 is 14.6 Å². The largest absolute Gasteiger partial charge is 0.466 e. The van der Waals surface area contributed by atoms with E-state index in [-0.39, 0.29) is 12.4 Å². The summed E-state index contributed by atoms with van der Waals surface area (Å²) < 4.78 is 4.84. The lowest BCUT2D eigenvalue weighted by Gasteiger charge is -2.35. The van der Waals surface area contributed by atoms with Crippen molar-refractivity contribution in [2.75, 3.05) is 66.5 Å². The van der Waals surface area contributed by atoms with Gasteiger partial charge in [0.25, 0.3) is 0 Å². The number of piperazine rings is 1. The Kier molecular flexibility index (Phi) is 8.06. The second kappa shape index (κ2) is 9.28. The molecule has 0 aromatic rings. The van der Waals surface area contributed by atoms with Crippen LogP contribution in [-0.4, -0.2) is 98.4 Å². The molecule has 1 aliphatic heterocycles. The van der Waals surface area contributed by atoms with Gasteiger partial charge in [-0.15, -0.1) is 0 Å². The fourth-order valence-corrected chi connectivity index (χ4v) is 2.31. The Labute approximate surface area is 122 Å². The van der Waals surface area contributed by atoms with Crippen LogP contribution in [0.15, 0.2) is 0 Å². The summed E-state index contributed by atoms with van der Waals surface area (Å²) in [5.41, 5.74) is 0. The monoisotopic (exact) mass is 287 g/mol. The molecule has 1 N–H and O–H groups in total. The van der Waals surface area contributed by atoms with E-state index in [0.717, 1.165) is 39.3 Å². The van der Waals surface area contributed by atoms with E-state index in [1.165, 1.54) is 0 Å². The summed E-state index contributed by atoms with van der Waals surface area (Å²) in [6.45, 7) is 8.83. The lowest BCUT2D eigenvalue weighted by molar-refractivity contribution is -0.145. The third kappa shape index (κ3) is 7.19. The van der Waals surface area contributed by atoms with Crippen LogP contribution in [0.2, 0.25) is 0 Å². The molecule has 118 valence electrons. The molecule has 1 unspecified atom stereocenters. The molecule has 1 rings (SSSR count). The molecule has 0 aliphatic carbocycles. The minimum absolute atomic E-state index is 0.0919. The van der Waals surface area contributed by atoms with Crippen LogP contribution in [0.5, 0.6) is 0 Å². The zero-order chi connectivity index (χ0) is 15.0. The standard InChI is InChI=1S/C14H29N3O3/c1-4-20-14(19)11-13(18)12-17-9-7-16(8-10-17)6-5-15(2)3/h13,18H,4-12H2,1-3H3. The smallest absolute Gasteiger partial charge is 0.308 e. The van der Waals surface area contributed by atoms with E-state index in [9.17, 15) is 9.90 Å². The summed E-state index contributed by atoms with van der Waals surface area (Å²) in [4.78, 5) is 18.1. The number of ether oxygens (including phenoxy) is 1. The Morgan fingerprint density at radius 1 is 1.25 bits per heavy atom. The Morgan fingerprint density at radius 3 is 2.40 bits per heavy atom. The highest BCUT2D eigenvalue weighted by Gasteiger charge is 2.20. The van der Waals surface area contributed by atoms with Gasteiger partial charge >= 0.3 is 5.97 Å². The molecule has 0 bridgehead atoms. The molecule has 0 aromatic carbocycles. The number of hydrogen-bond acceptors (Lipinski definition) is 6. The van der Waals surface area contributed by atoms with Crippen LogP contribution in [0, 0.1) is 0 Å². The van der Waals surface area contributed by atoms with Crippen LogP contribution in [-0.2, 0) is 9.53 Å². The molecule has 0 amide bonds. The van der Waals surface area contributed by atoms with Crippen LogP contribution in [0.25, 0.3) is 0 Å². The quantitative estimate of drug-likeness (QED) is 0.606. The Bertz CT molecular complexity index is 279. The van der Waals surface area contributed by atoms with Crippen molar-refractivity contribution in [3.05, 3.63) is 0 Å². The van der Waals surface area contributed by atoms with Crippen LogP contribution < -0.4 is 0 Å². The van der Waals surface area contributed by atoms with Crippen molar-refractivity contribution in [3.63, 3.8) is 0 Å². The Morgan fingerprint density at radius 2 is 1.85 bits per heavy atom. The highest BCUT2D eigenvalue weighted by molar-refractivity contribution is 5.69. The minimum atomic E-state index is -0.623. The molecule has 1 heterocycles. The van der Waals surface area contributed by atoms with Crippen molar-refractivity contribution in [3.8, 4) is 0 Å². The number of esters is 1. The molecule has 1 aliphatic rings. The predicted molar refractivity (Wildman–Crippen MR) is 78.7 cm³/mol. The van der Waals surface area contributed by atoms with Gasteiger partial charge < -0.3 is 14.7 Å². The first-order valence-electron chi connectivity index (χ1n) is 7.44. The summed E-state index contributed by atoms with van der Waals surface area (Å²) in [5.74, 6) is -0.315. The third-order valence-corrected chi connectivity index (χ3v) is 3.50. The van der Waals surface area contributed by atoms with Gasteiger partial charge in [-0.05, 0) is 21.0 Å². The fraction of sp³-hybridized carbons (Fsp3) is 0.929. The van der Waals surface area contributed by atoms with Crippen molar-refractivity contribution in [2.24, 2.45) is 0 Å². The van der Waals surface area contributed by atoms with Crippen molar-refractivity contribution >= 4 is 5.97 Å². The van der Waals surface area contributed by atoms with E-state index in [4.69, 9.17) is 4.74 Å². The van der Waals surface area contributed by atoms with Gasteiger partial charge in [0, 0.05) is 45.8 Å². The highest BCUT2D eigenvalue weighted by Crippen LogP contribution is 2.05. The molecule has 20 heavy (non-hydrogen) atoms. The van der Waals surface area contributed by atoms with Gasteiger partial charge in [0.15, 0.2) is 0 Å². The summed E-state index contributed by atoms with van der Waals surface area (Å²) in [6.07, 6.45) is -0.531. The number of aliphatic hydroxyl groups excluding tert-OH is 1. The number of hydrogen-bond donors (Lipinski definition) is 1. The second-order valence-corrected chi connectivity index (χ2v) is 5.61. The molecular formula is C14H29N3O3. The van der Waals surface area contributed by atoms with Gasteiger partial charge in [0.2, 0.25) is 0 Å². The van der Waals surface area contributed by atoms with Crippen LogP contribution in [0.4, 0.5) is 0 Å². The maximum Gasteiger partial charge on any atom is 0.308 e. The molecule has 1 atom stereocenters. The topological polar surface area (TPSA) is 56.3 Å². The highest BCUT2D eigenvalue weighted by atomic mass is 16.5. The number of nitrogens with zero attached hydrogens (tertiary/aromatic N) is 3.